The van der Waals surface area contributed by atoms with Crippen LogP contribution in [-0.2, 0) is 9.53 Å². The van der Waals surface area contributed by atoms with Crippen LogP contribution in [0.2, 0.25) is 0 Å². The summed E-state index contributed by atoms with van der Waals surface area (Å²) in [7, 11) is 1.52. The molecule has 1 aliphatic rings. The third-order valence-corrected chi connectivity index (χ3v) is 7.89. The van der Waals surface area contributed by atoms with Gasteiger partial charge in [-0.15, -0.1) is 0 Å². The van der Waals surface area contributed by atoms with Crippen molar-refractivity contribution in [1.82, 2.24) is 34.9 Å². The minimum absolute atomic E-state index is 0.00386. The molecule has 0 aliphatic heterocycles. The molecule has 13 heteroatoms. The molecule has 0 saturated heterocycles. The molecule has 12 nitrogen and oxygen atoms in total. The normalized spacial score (nSPS) is 19.9. The highest BCUT2D eigenvalue weighted by atomic mass is 19.1. The van der Waals surface area contributed by atoms with Crippen molar-refractivity contribution in [2.45, 2.75) is 57.1 Å². The molecule has 0 radical (unpaired) electrons. The number of primary amides is 1. The third-order valence-electron chi connectivity index (χ3n) is 7.89. The van der Waals surface area contributed by atoms with Crippen molar-refractivity contribution in [3.63, 3.8) is 0 Å². The molecule has 212 valence electrons. The Kier molecular flexibility index (Phi) is 6.73. The number of halogens is 1. The molecular weight excluding hydrogens is 529 g/mol. The van der Waals surface area contributed by atoms with Crippen LogP contribution in [-0.4, -0.2) is 53.5 Å². The lowest BCUT2D eigenvalue weighted by molar-refractivity contribution is -0.144. The van der Waals surface area contributed by atoms with Gasteiger partial charge in [0.2, 0.25) is 5.91 Å². The number of rotatable bonds is 8. The summed E-state index contributed by atoms with van der Waals surface area (Å²) in [6.07, 6.45) is 8.00. The second-order valence-electron chi connectivity index (χ2n) is 10.4. The average Bonchev–Trinajstić information content (AvgIpc) is 3.74. The number of nitrogens with one attached hydrogen (secondary N) is 1. The van der Waals surface area contributed by atoms with E-state index in [-0.39, 0.29) is 12.0 Å². The van der Waals surface area contributed by atoms with Gasteiger partial charge in [-0.05, 0) is 51.2 Å². The van der Waals surface area contributed by atoms with Crippen LogP contribution in [0.1, 0.15) is 61.6 Å². The summed E-state index contributed by atoms with van der Waals surface area (Å²) in [6.45, 7) is 3.95. The van der Waals surface area contributed by atoms with Gasteiger partial charge in [0.15, 0.2) is 28.9 Å². The second-order valence-corrected chi connectivity index (χ2v) is 10.4. The molecule has 1 fully saturated rings. The molecule has 41 heavy (non-hydrogen) atoms. The molecule has 0 unspecified atom stereocenters. The quantitative estimate of drug-likeness (QED) is 0.281. The Morgan fingerprint density at radius 3 is 2.68 bits per heavy atom. The Morgan fingerprint density at radius 2 is 2.07 bits per heavy atom. The summed E-state index contributed by atoms with van der Waals surface area (Å²) in [5, 5.41) is 11.6. The van der Waals surface area contributed by atoms with Gasteiger partial charge in [0.05, 0.1) is 24.7 Å². The highest BCUT2D eigenvalue weighted by Gasteiger charge is 2.42. The molecule has 5 aromatic rings. The molecule has 5 heterocycles. The number of nitrogens with two attached hydrogens (primary N) is 1. The third kappa shape index (κ3) is 4.82. The average molecular weight is 560 g/mol. The fraction of sp³-hybridized carbons (Fsp3) is 0.357. The number of furan rings is 1. The van der Waals surface area contributed by atoms with Gasteiger partial charge in [-0.25, -0.2) is 24.0 Å². The fourth-order valence-corrected chi connectivity index (χ4v) is 5.48. The minimum Gasteiger partial charge on any atom is -0.459 e. The molecule has 5 aromatic heterocycles. The van der Waals surface area contributed by atoms with E-state index < -0.39 is 17.3 Å². The minimum atomic E-state index is -0.965. The summed E-state index contributed by atoms with van der Waals surface area (Å²) >= 11 is 0. The molecule has 0 aromatic carbocycles. The summed E-state index contributed by atoms with van der Waals surface area (Å²) < 4.78 is 26.3. The van der Waals surface area contributed by atoms with Crippen molar-refractivity contribution in [1.29, 1.82) is 0 Å². The molecule has 1 aliphatic carbocycles. The number of carbonyl (C=O) groups excluding carboxylic acids is 1. The number of aryl methyl sites for hydroxylation is 1. The Labute approximate surface area is 234 Å². The van der Waals surface area contributed by atoms with Crippen LogP contribution < -0.4 is 10.6 Å². The maximum absolute atomic E-state index is 13.5. The van der Waals surface area contributed by atoms with E-state index >= 15 is 0 Å². The Morgan fingerprint density at radius 1 is 1.27 bits per heavy atom. The van der Waals surface area contributed by atoms with Gasteiger partial charge >= 0.3 is 0 Å². The zero-order chi connectivity index (χ0) is 28.7. The van der Waals surface area contributed by atoms with E-state index in [2.05, 4.69) is 20.3 Å². The number of carbonyl (C=O) groups is 1. The molecule has 0 bridgehead atoms. The number of anilines is 2. The number of amides is 1. The van der Waals surface area contributed by atoms with Gasteiger partial charge in [-0.1, -0.05) is 6.07 Å². The van der Waals surface area contributed by atoms with Gasteiger partial charge < -0.3 is 14.9 Å². The van der Waals surface area contributed by atoms with Crippen LogP contribution in [0, 0.1) is 12.7 Å². The summed E-state index contributed by atoms with van der Waals surface area (Å²) in [5.41, 5.74) is 7.64. The van der Waals surface area contributed by atoms with Gasteiger partial charge in [0.25, 0.3) is 0 Å². The summed E-state index contributed by atoms with van der Waals surface area (Å²) in [5.74, 6) is 1.47. The number of pyridine rings is 1. The van der Waals surface area contributed by atoms with Crippen LogP contribution in [0.15, 0.2) is 53.5 Å². The molecule has 1 saturated carbocycles. The SMILES string of the molecule is COC1(C(N)=O)CCC(c2nc(N(c3cc(C)[nH]n3)[C@@H](C)c3ccc(-n4cc(F)cn4)nc3)c3occc3n2)CC1. The van der Waals surface area contributed by atoms with Crippen LogP contribution in [0.3, 0.4) is 0 Å². The standard InChI is InChI=1S/C28H30FN9O3/c1-16-12-23(36-35-16)38(17(2)19-4-5-22(31-13-19)37-15-20(29)14-32-37)26-24-21(8-11-41-24)33-25(34-26)18-6-9-28(40-3,10-7-18)27(30)39/h4-5,8,11-15,17-18H,6-7,9-10H2,1-3H3,(H2,30,39)(H,35,36)/t17-,18?,28?/m0/s1. The van der Waals surface area contributed by atoms with E-state index in [4.69, 9.17) is 24.9 Å². The maximum atomic E-state index is 13.5. The molecule has 0 spiro atoms. The first-order chi connectivity index (χ1) is 19.8. The lowest BCUT2D eigenvalue weighted by atomic mass is 9.78. The number of aromatic nitrogens is 7. The van der Waals surface area contributed by atoms with Crippen molar-refractivity contribution in [2.24, 2.45) is 5.73 Å². The van der Waals surface area contributed by atoms with Crippen LogP contribution in [0.4, 0.5) is 16.0 Å². The first-order valence-electron chi connectivity index (χ1n) is 13.4. The van der Waals surface area contributed by atoms with Gasteiger partial charge in [-0.3, -0.25) is 14.8 Å². The zero-order valence-electron chi connectivity index (χ0n) is 22.9. The van der Waals surface area contributed by atoms with Crippen molar-refractivity contribution < 1.29 is 18.3 Å². The number of aromatic amines is 1. The second kappa shape index (κ2) is 10.4. The Bertz CT molecular complexity index is 1690. The molecule has 1 atom stereocenters. The highest BCUT2D eigenvalue weighted by molar-refractivity contribution is 5.87. The predicted molar refractivity (Wildman–Crippen MR) is 147 cm³/mol. The van der Waals surface area contributed by atoms with Crippen molar-refractivity contribution in [3.8, 4) is 5.82 Å². The van der Waals surface area contributed by atoms with E-state index in [0.717, 1.165) is 17.5 Å². The first kappa shape index (κ1) is 26.6. The van der Waals surface area contributed by atoms with E-state index in [1.54, 1.807) is 18.5 Å². The number of ether oxygens (including phenoxy) is 1. The van der Waals surface area contributed by atoms with Crippen molar-refractivity contribution in [3.05, 3.63) is 72.0 Å². The number of H-pyrrole nitrogens is 1. The van der Waals surface area contributed by atoms with Gasteiger partial charge in [0.1, 0.15) is 16.9 Å². The Balaban J connectivity index is 1.39. The number of hydrogen-bond acceptors (Lipinski definition) is 9. The summed E-state index contributed by atoms with van der Waals surface area (Å²) in [4.78, 5) is 28.5. The topological polar surface area (TPSA) is 154 Å². The molecule has 6 rings (SSSR count). The van der Waals surface area contributed by atoms with Gasteiger partial charge in [0, 0.05) is 37.1 Å². The van der Waals surface area contributed by atoms with E-state index in [1.807, 2.05) is 36.9 Å². The zero-order valence-corrected chi connectivity index (χ0v) is 22.9. The monoisotopic (exact) mass is 559 g/mol. The lowest BCUT2D eigenvalue weighted by Gasteiger charge is -2.36. The molecule has 3 N–H and O–H groups in total. The number of methoxy groups -OCH3 is 1. The van der Waals surface area contributed by atoms with Crippen LogP contribution in [0.25, 0.3) is 16.9 Å². The smallest absolute Gasteiger partial charge is 0.249 e. The maximum Gasteiger partial charge on any atom is 0.249 e. The highest BCUT2D eigenvalue weighted by Crippen LogP contribution is 2.42. The fourth-order valence-electron chi connectivity index (χ4n) is 5.48. The molecular formula is C28H30FN9O3. The van der Waals surface area contributed by atoms with Crippen molar-refractivity contribution >= 4 is 28.6 Å². The largest absolute Gasteiger partial charge is 0.459 e. The van der Waals surface area contributed by atoms with Crippen molar-refractivity contribution in [2.75, 3.05) is 12.0 Å². The number of fused-ring (bicyclic) bond motifs is 1. The first-order valence-corrected chi connectivity index (χ1v) is 13.4. The van der Waals surface area contributed by atoms with Crippen LogP contribution in [0.5, 0.6) is 0 Å². The van der Waals surface area contributed by atoms with E-state index in [0.29, 0.717) is 60.1 Å². The molecule has 1 amide bonds. The van der Waals surface area contributed by atoms with E-state index in [1.165, 1.54) is 18.0 Å². The number of hydrogen-bond donors (Lipinski definition) is 2. The summed E-state index contributed by atoms with van der Waals surface area (Å²) in [6, 6.07) is 7.15. The predicted octanol–water partition coefficient (Wildman–Crippen LogP) is 4.40. The number of nitrogens with zero attached hydrogens (tertiary/aromatic N) is 7. The van der Waals surface area contributed by atoms with Crippen LogP contribution >= 0.6 is 0 Å². The lowest BCUT2D eigenvalue weighted by Crippen LogP contribution is -2.48. The van der Waals surface area contributed by atoms with E-state index in [9.17, 15) is 9.18 Å². The van der Waals surface area contributed by atoms with Gasteiger partial charge in [-0.2, -0.15) is 10.2 Å². The Hall–Kier alpha value is -4.65.